The number of aromatic nitrogens is 1. The van der Waals surface area contributed by atoms with Crippen molar-refractivity contribution in [2.45, 2.75) is 20.8 Å². The molecule has 5 nitrogen and oxygen atoms in total. The average molecular weight is 444 g/mol. The third kappa shape index (κ3) is 3.84. The van der Waals surface area contributed by atoms with Crippen LogP contribution in [0.5, 0.6) is 0 Å². The summed E-state index contributed by atoms with van der Waals surface area (Å²) in [4.78, 5) is 27.4. The highest BCUT2D eigenvalue weighted by atomic mass is 79.9. The number of carbonyl (C=O) groups excluding carboxylic acids is 2. The molecule has 0 aliphatic heterocycles. The van der Waals surface area contributed by atoms with E-state index < -0.39 is 5.97 Å². The van der Waals surface area contributed by atoms with Crippen LogP contribution in [-0.4, -0.2) is 23.5 Å². The van der Waals surface area contributed by atoms with Gasteiger partial charge in [-0.15, -0.1) is 0 Å². The predicted molar refractivity (Wildman–Crippen MR) is 96.0 cm³/mol. The lowest BCUT2D eigenvalue weighted by molar-refractivity contribution is 0.0525. The number of halogens is 2. The lowest BCUT2D eigenvalue weighted by Crippen LogP contribution is -2.14. The molecule has 2 N–H and O–H groups in total. The van der Waals surface area contributed by atoms with Gasteiger partial charge in [0.2, 0.25) is 0 Å². The number of H-pyrrole nitrogens is 1. The molecule has 1 aromatic carbocycles. The highest BCUT2D eigenvalue weighted by Crippen LogP contribution is 2.27. The van der Waals surface area contributed by atoms with Gasteiger partial charge in [-0.05, 0) is 60.5 Å². The molecule has 0 saturated carbocycles. The second kappa shape index (κ2) is 7.31. The number of ether oxygens (including phenoxy) is 1. The minimum absolute atomic E-state index is 0.288. The Balaban J connectivity index is 2.30. The molecule has 122 valence electrons. The van der Waals surface area contributed by atoms with Crippen molar-refractivity contribution >= 4 is 49.4 Å². The van der Waals surface area contributed by atoms with E-state index in [1.165, 1.54) is 0 Å². The molecule has 2 rings (SSSR count). The van der Waals surface area contributed by atoms with Gasteiger partial charge in [-0.25, -0.2) is 4.79 Å². The number of aromatic amines is 1. The number of carbonyl (C=O) groups is 2. The van der Waals surface area contributed by atoms with Crippen LogP contribution in [-0.2, 0) is 4.74 Å². The van der Waals surface area contributed by atoms with Crippen molar-refractivity contribution in [3.05, 3.63) is 49.7 Å². The van der Waals surface area contributed by atoms with E-state index in [4.69, 9.17) is 4.74 Å². The van der Waals surface area contributed by atoms with Crippen LogP contribution in [0.4, 0.5) is 5.69 Å². The first-order valence-electron chi connectivity index (χ1n) is 6.97. The normalized spacial score (nSPS) is 10.5. The smallest absolute Gasteiger partial charge is 0.340 e. The largest absolute Gasteiger partial charge is 0.462 e. The van der Waals surface area contributed by atoms with Gasteiger partial charge in [-0.3, -0.25) is 4.79 Å². The van der Waals surface area contributed by atoms with E-state index >= 15 is 0 Å². The lowest BCUT2D eigenvalue weighted by atomic mass is 10.1. The summed E-state index contributed by atoms with van der Waals surface area (Å²) in [5.41, 5.74) is 2.59. The molecule has 0 aliphatic rings. The Morgan fingerprint density at radius 2 is 1.96 bits per heavy atom. The van der Waals surface area contributed by atoms with E-state index in [1.54, 1.807) is 26.8 Å². The summed E-state index contributed by atoms with van der Waals surface area (Å²) in [6.45, 7) is 5.50. The summed E-state index contributed by atoms with van der Waals surface area (Å²) in [5, 5.41) is 2.82. The van der Waals surface area contributed by atoms with Crippen LogP contribution in [0, 0.1) is 13.8 Å². The Morgan fingerprint density at radius 1 is 1.26 bits per heavy atom. The van der Waals surface area contributed by atoms with Gasteiger partial charge in [0.15, 0.2) is 0 Å². The van der Waals surface area contributed by atoms with E-state index in [0.717, 1.165) is 8.95 Å². The van der Waals surface area contributed by atoms with Gasteiger partial charge in [0.1, 0.15) is 5.69 Å². The van der Waals surface area contributed by atoms with Crippen molar-refractivity contribution < 1.29 is 14.3 Å². The Bertz CT molecular complexity index is 769. The quantitative estimate of drug-likeness (QED) is 0.679. The number of amides is 1. The summed E-state index contributed by atoms with van der Waals surface area (Å²) in [6.07, 6.45) is 0. The molecule has 7 heteroatoms. The Hall–Kier alpha value is -1.60. The van der Waals surface area contributed by atoms with E-state index in [-0.39, 0.29) is 12.5 Å². The standard InChI is InChI=1S/C16H16Br2N2O3/c1-4-23-16(22)13-8(2)14(19-9(13)3)15(21)20-12-6-5-10(17)7-11(12)18/h5-7,19H,4H2,1-3H3,(H,20,21). The van der Waals surface area contributed by atoms with Gasteiger partial charge in [-0.1, -0.05) is 15.9 Å². The molecule has 2 aromatic rings. The maximum absolute atomic E-state index is 12.5. The Labute approximate surface area is 151 Å². The number of benzene rings is 1. The number of hydrogen-bond acceptors (Lipinski definition) is 3. The van der Waals surface area contributed by atoms with E-state index in [0.29, 0.717) is 28.2 Å². The summed E-state index contributed by atoms with van der Waals surface area (Å²) < 4.78 is 6.69. The zero-order valence-electron chi connectivity index (χ0n) is 12.9. The van der Waals surface area contributed by atoms with E-state index in [2.05, 4.69) is 42.2 Å². The second-order valence-electron chi connectivity index (χ2n) is 4.92. The molecule has 0 radical (unpaired) electrons. The maximum atomic E-state index is 12.5. The topological polar surface area (TPSA) is 71.2 Å². The Kier molecular flexibility index (Phi) is 5.64. The maximum Gasteiger partial charge on any atom is 0.340 e. The summed E-state index contributed by atoms with van der Waals surface area (Å²) in [5.74, 6) is -0.744. The molecule has 0 spiro atoms. The Morgan fingerprint density at radius 3 is 2.57 bits per heavy atom. The van der Waals surface area contributed by atoms with Crippen molar-refractivity contribution in [3.8, 4) is 0 Å². The van der Waals surface area contributed by atoms with Gasteiger partial charge in [0, 0.05) is 14.6 Å². The van der Waals surface area contributed by atoms with Crippen molar-refractivity contribution in [1.82, 2.24) is 4.98 Å². The third-order valence-corrected chi connectivity index (χ3v) is 4.47. The molecular formula is C16H16Br2N2O3. The lowest BCUT2D eigenvalue weighted by Gasteiger charge is -2.08. The third-order valence-electron chi connectivity index (χ3n) is 3.32. The molecule has 1 aromatic heterocycles. The van der Waals surface area contributed by atoms with E-state index in [1.807, 2.05) is 12.1 Å². The number of aryl methyl sites for hydroxylation is 1. The first-order valence-corrected chi connectivity index (χ1v) is 8.56. The monoisotopic (exact) mass is 442 g/mol. The molecule has 0 atom stereocenters. The molecule has 0 unspecified atom stereocenters. The zero-order chi connectivity index (χ0) is 17.1. The molecule has 0 fully saturated rings. The van der Waals surface area contributed by atoms with Gasteiger partial charge in [-0.2, -0.15) is 0 Å². The van der Waals surface area contributed by atoms with Crippen LogP contribution in [0.1, 0.15) is 39.0 Å². The molecule has 23 heavy (non-hydrogen) atoms. The number of hydrogen-bond donors (Lipinski definition) is 2. The SMILES string of the molecule is CCOC(=O)c1c(C)[nH]c(C(=O)Nc2ccc(Br)cc2Br)c1C. The first kappa shape index (κ1) is 17.7. The number of anilines is 1. The van der Waals surface area contributed by atoms with Gasteiger partial charge in [0.25, 0.3) is 5.91 Å². The summed E-state index contributed by atoms with van der Waals surface area (Å²) in [7, 11) is 0. The zero-order valence-corrected chi connectivity index (χ0v) is 16.1. The van der Waals surface area contributed by atoms with E-state index in [9.17, 15) is 9.59 Å². The van der Waals surface area contributed by atoms with Crippen LogP contribution >= 0.6 is 31.9 Å². The highest BCUT2D eigenvalue weighted by molar-refractivity contribution is 9.11. The molecule has 0 bridgehead atoms. The fourth-order valence-corrected chi connectivity index (χ4v) is 3.41. The van der Waals surface area contributed by atoms with Crippen molar-refractivity contribution in [2.24, 2.45) is 0 Å². The van der Waals surface area contributed by atoms with Crippen molar-refractivity contribution in [3.63, 3.8) is 0 Å². The summed E-state index contributed by atoms with van der Waals surface area (Å²) >= 11 is 6.76. The predicted octanol–water partition coefficient (Wildman–Crippen LogP) is 4.59. The fourth-order valence-electron chi connectivity index (χ4n) is 2.26. The van der Waals surface area contributed by atoms with Gasteiger partial charge in [0.05, 0.1) is 17.9 Å². The molecule has 1 heterocycles. The molecule has 0 saturated heterocycles. The van der Waals surface area contributed by atoms with Gasteiger partial charge >= 0.3 is 5.97 Å². The minimum atomic E-state index is -0.428. The van der Waals surface area contributed by atoms with Crippen LogP contribution < -0.4 is 5.32 Å². The number of esters is 1. The first-order chi connectivity index (χ1) is 10.8. The number of rotatable bonds is 4. The molecule has 0 aliphatic carbocycles. The summed E-state index contributed by atoms with van der Waals surface area (Å²) in [6, 6.07) is 5.45. The average Bonchev–Trinajstić information content (AvgIpc) is 2.77. The van der Waals surface area contributed by atoms with Crippen LogP contribution in [0.15, 0.2) is 27.1 Å². The van der Waals surface area contributed by atoms with Crippen LogP contribution in [0.3, 0.4) is 0 Å². The number of nitrogens with one attached hydrogen (secondary N) is 2. The van der Waals surface area contributed by atoms with Gasteiger partial charge < -0.3 is 15.0 Å². The van der Waals surface area contributed by atoms with Crippen molar-refractivity contribution in [1.29, 1.82) is 0 Å². The minimum Gasteiger partial charge on any atom is -0.462 e. The second-order valence-corrected chi connectivity index (χ2v) is 6.69. The van der Waals surface area contributed by atoms with Crippen LogP contribution in [0.25, 0.3) is 0 Å². The molecule has 1 amide bonds. The van der Waals surface area contributed by atoms with Crippen LogP contribution in [0.2, 0.25) is 0 Å². The fraction of sp³-hybridized carbons (Fsp3) is 0.250. The highest BCUT2D eigenvalue weighted by Gasteiger charge is 2.23. The molecular weight excluding hydrogens is 428 g/mol. The van der Waals surface area contributed by atoms with Crippen molar-refractivity contribution in [2.75, 3.05) is 11.9 Å².